The molecule has 0 atom stereocenters. The molecule has 0 fully saturated rings. The fourth-order valence-electron chi connectivity index (χ4n) is 0.652. The van der Waals surface area contributed by atoms with E-state index >= 15 is 0 Å². The molecule has 0 bridgehead atoms. The van der Waals surface area contributed by atoms with E-state index in [1.54, 1.807) is 4.68 Å². The standard InChI is InChI=1S/C5H9N4S/c1-3-4-9-5(10-2)6-7-8-9/h2-4H2,1H3. The van der Waals surface area contributed by atoms with Gasteiger partial charge in [0.05, 0.1) is 0 Å². The summed E-state index contributed by atoms with van der Waals surface area (Å²) in [4.78, 5) is 0. The van der Waals surface area contributed by atoms with Crippen molar-refractivity contribution in [2.45, 2.75) is 25.0 Å². The van der Waals surface area contributed by atoms with Crippen molar-refractivity contribution in [3.8, 4) is 0 Å². The maximum absolute atomic E-state index is 3.77. The first-order valence-corrected chi connectivity index (χ1v) is 4.05. The fraction of sp³-hybridized carbons (Fsp3) is 0.600. The number of hydrogen-bond acceptors (Lipinski definition) is 4. The number of nitrogens with zero attached hydrogens (tertiary/aromatic N) is 4. The molecule has 1 aromatic heterocycles. The predicted molar refractivity (Wildman–Crippen MR) is 39.3 cm³/mol. The molecule has 4 nitrogen and oxygen atoms in total. The second-order valence-electron chi connectivity index (χ2n) is 1.83. The van der Waals surface area contributed by atoms with E-state index in [4.69, 9.17) is 0 Å². The van der Waals surface area contributed by atoms with Crippen molar-refractivity contribution < 1.29 is 0 Å². The largest absolute Gasteiger partial charge is 0.220 e. The molecule has 0 aromatic carbocycles. The summed E-state index contributed by atoms with van der Waals surface area (Å²) in [5, 5.41) is 11.8. The monoisotopic (exact) mass is 157 g/mol. The highest BCUT2D eigenvalue weighted by molar-refractivity contribution is 8.00. The Kier molecular flexibility index (Phi) is 2.68. The van der Waals surface area contributed by atoms with Crippen molar-refractivity contribution in [2.24, 2.45) is 0 Å². The van der Waals surface area contributed by atoms with E-state index in [2.05, 4.69) is 28.7 Å². The highest BCUT2D eigenvalue weighted by atomic mass is 32.2. The molecule has 0 saturated heterocycles. The van der Waals surface area contributed by atoms with E-state index in [1.807, 2.05) is 0 Å². The Bertz CT molecular complexity index is 197. The normalized spacial score (nSPS) is 10.2. The van der Waals surface area contributed by atoms with E-state index in [0.717, 1.165) is 18.1 Å². The zero-order valence-electron chi connectivity index (χ0n) is 5.82. The first-order valence-electron chi connectivity index (χ1n) is 3.06. The Morgan fingerprint density at radius 3 is 3.10 bits per heavy atom. The zero-order chi connectivity index (χ0) is 7.40. The second kappa shape index (κ2) is 3.55. The van der Waals surface area contributed by atoms with Crippen LogP contribution in [0.5, 0.6) is 0 Å². The summed E-state index contributed by atoms with van der Waals surface area (Å²) in [7, 11) is 0. The molecule has 0 N–H and O–H groups in total. The summed E-state index contributed by atoms with van der Waals surface area (Å²) in [6.07, 6.45) is 4.66. The fourth-order valence-corrected chi connectivity index (χ4v) is 1.02. The molecule has 1 heterocycles. The van der Waals surface area contributed by atoms with Gasteiger partial charge in [0.25, 0.3) is 0 Å². The molecule has 0 unspecified atom stereocenters. The highest BCUT2D eigenvalue weighted by Gasteiger charge is 2.00. The van der Waals surface area contributed by atoms with Crippen molar-refractivity contribution in [1.29, 1.82) is 0 Å². The van der Waals surface area contributed by atoms with Crippen molar-refractivity contribution in [3.63, 3.8) is 0 Å². The minimum atomic E-state index is 0.779. The van der Waals surface area contributed by atoms with Crippen LogP contribution in [0.4, 0.5) is 0 Å². The second-order valence-corrected chi connectivity index (χ2v) is 2.48. The smallest absolute Gasteiger partial charge is 0.209 e. The molecule has 0 aliphatic heterocycles. The van der Waals surface area contributed by atoms with Crippen molar-refractivity contribution in [2.75, 3.05) is 0 Å². The van der Waals surface area contributed by atoms with Gasteiger partial charge in [0, 0.05) is 12.8 Å². The van der Waals surface area contributed by atoms with Crippen LogP contribution in [0.3, 0.4) is 0 Å². The number of thioether (sulfide) groups is 1. The number of aromatic nitrogens is 4. The molecule has 10 heavy (non-hydrogen) atoms. The minimum absolute atomic E-state index is 0.779. The minimum Gasteiger partial charge on any atom is -0.220 e. The lowest BCUT2D eigenvalue weighted by Gasteiger charge is -1.96. The van der Waals surface area contributed by atoms with Crippen LogP contribution in [0.2, 0.25) is 0 Å². The topological polar surface area (TPSA) is 43.6 Å². The van der Waals surface area contributed by atoms with Crippen LogP contribution in [0, 0.1) is 6.26 Å². The van der Waals surface area contributed by atoms with E-state index in [0.29, 0.717) is 0 Å². The van der Waals surface area contributed by atoms with Gasteiger partial charge in [-0.2, -0.15) is 0 Å². The molecule has 0 amide bonds. The first kappa shape index (κ1) is 7.53. The van der Waals surface area contributed by atoms with Crippen LogP contribution >= 0.6 is 11.8 Å². The van der Waals surface area contributed by atoms with Gasteiger partial charge in [-0.3, -0.25) is 0 Å². The van der Waals surface area contributed by atoms with Crippen LogP contribution < -0.4 is 0 Å². The summed E-state index contributed by atoms with van der Waals surface area (Å²) < 4.78 is 1.75. The third kappa shape index (κ3) is 1.47. The summed E-state index contributed by atoms with van der Waals surface area (Å²) >= 11 is 1.32. The SMILES string of the molecule is [CH2]Sc1nnnn1CCC. The van der Waals surface area contributed by atoms with Gasteiger partial charge in [0.2, 0.25) is 5.16 Å². The maximum Gasteiger partial charge on any atom is 0.209 e. The third-order valence-corrected chi connectivity index (χ3v) is 1.61. The molecule has 5 heteroatoms. The van der Waals surface area contributed by atoms with Gasteiger partial charge in [-0.1, -0.05) is 18.7 Å². The summed E-state index contributed by atoms with van der Waals surface area (Å²) in [5.41, 5.74) is 0. The van der Waals surface area contributed by atoms with Gasteiger partial charge >= 0.3 is 0 Å². The number of rotatable bonds is 3. The average molecular weight is 157 g/mol. The highest BCUT2D eigenvalue weighted by Crippen LogP contribution is 2.09. The molecule has 1 aromatic rings. The Labute approximate surface area is 64.0 Å². The van der Waals surface area contributed by atoms with Crippen LogP contribution in [-0.4, -0.2) is 20.2 Å². The maximum atomic E-state index is 3.77. The van der Waals surface area contributed by atoms with Crippen LogP contribution in [0.1, 0.15) is 13.3 Å². The molecular weight excluding hydrogens is 148 g/mol. The van der Waals surface area contributed by atoms with E-state index < -0.39 is 0 Å². The molecule has 0 saturated carbocycles. The van der Waals surface area contributed by atoms with Gasteiger partial charge in [-0.15, -0.1) is 5.10 Å². The number of hydrogen-bond donors (Lipinski definition) is 0. The van der Waals surface area contributed by atoms with Crippen molar-refractivity contribution >= 4 is 11.8 Å². The lowest BCUT2D eigenvalue weighted by atomic mass is 10.5. The van der Waals surface area contributed by atoms with E-state index in [9.17, 15) is 0 Å². The van der Waals surface area contributed by atoms with E-state index in [1.165, 1.54) is 11.8 Å². The average Bonchev–Trinajstić information content (AvgIpc) is 2.36. The van der Waals surface area contributed by atoms with Crippen molar-refractivity contribution in [1.82, 2.24) is 20.2 Å². The van der Waals surface area contributed by atoms with Gasteiger partial charge in [0.1, 0.15) is 0 Å². The van der Waals surface area contributed by atoms with Crippen LogP contribution in [-0.2, 0) is 6.54 Å². The zero-order valence-corrected chi connectivity index (χ0v) is 6.63. The number of aryl methyl sites for hydroxylation is 1. The number of tetrazole rings is 1. The van der Waals surface area contributed by atoms with Gasteiger partial charge < -0.3 is 0 Å². The molecule has 0 spiro atoms. The molecule has 1 rings (SSSR count). The molecule has 1 radical (unpaired) electrons. The summed E-state index contributed by atoms with van der Waals surface area (Å²) in [6.45, 7) is 2.95. The Morgan fingerprint density at radius 1 is 1.70 bits per heavy atom. The predicted octanol–water partition coefficient (Wildman–Crippen LogP) is 0.967. The lowest BCUT2D eigenvalue weighted by Crippen LogP contribution is -2.00. The quantitative estimate of drug-likeness (QED) is 0.613. The first-order chi connectivity index (χ1) is 4.88. The Hall–Kier alpha value is -0.580. The third-order valence-electron chi connectivity index (χ3n) is 1.06. The Morgan fingerprint density at radius 2 is 2.50 bits per heavy atom. The Balaban J connectivity index is 2.70. The molecule has 55 valence electrons. The van der Waals surface area contributed by atoms with Crippen LogP contribution in [0.25, 0.3) is 0 Å². The van der Waals surface area contributed by atoms with Crippen LogP contribution in [0.15, 0.2) is 5.16 Å². The van der Waals surface area contributed by atoms with Gasteiger partial charge in [0.15, 0.2) is 0 Å². The summed E-state index contributed by atoms with van der Waals surface area (Å²) in [5.74, 6) is 0. The van der Waals surface area contributed by atoms with Gasteiger partial charge in [-0.05, 0) is 16.8 Å². The molecular formula is C5H9N4S. The van der Waals surface area contributed by atoms with Crippen molar-refractivity contribution in [3.05, 3.63) is 6.26 Å². The molecule has 0 aliphatic rings. The molecule has 0 aliphatic carbocycles. The summed E-state index contributed by atoms with van der Waals surface area (Å²) in [6, 6.07) is 0. The van der Waals surface area contributed by atoms with Gasteiger partial charge in [-0.25, -0.2) is 4.68 Å². The lowest BCUT2D eigenvalue weighted by molar-refractivity contribution is 0.540. The van der Waals surface area contributed by atoms with E-state index in [-0.39, 0.29) is 0 Å².